The zero-order valence-corrected chi connectivity index (χ0v) is 16.6. The first kappa shape index (κ1) is 21.0. The summed E-state index contributed by atoms with van der Waals surface area (Å²) in [4.78, 5) is 18.2. The summed E-state index contributed by atoms with van der Waals surface area (Å²) < 4.78 is 45.9. The van der Waals surface area contributed by atoms with E-state index in [4.69, 9.17) is 4.74 Å². The highest BCUT2D eigenvalue weighted by molar-refractivity contribution is 5.89. The third-order valence-electron chi connectivity index (χ3n) is 4.76. The molecule has 0 saturated heterocycles. The minimum absolute atomic E-state index is 0.114. The molecular formula is C21H24F3N3O2. The average Bonchev–Trinajstić information content (AvgIpc) is 2.80. The molecule has 1 aliphatic rings. The van der Waals surface area contributed by atoms with Crippen LogP contribution in [0.4, 0.5) is 29.5 Å². The normalized spacial score (nSPS) is 16.9. The molecule has 5 nitrogen and oxygen atoms in total. The zero-order chi connectivity index (χ0) is 21.2. The van der Waals surface area contributed by atoms with Crippen molar-refractivity contribution in [1.29, 1.82) is 0 Å². The Labute approximate surface area is 167 Å². The van der Waals surface area contributed by atoms with Gasteiger partial charge in [0.15, 0.2) is 0 Å². The number of pyridine rings is 1. The van der Waals surface area contributed by atoms with Crippen LogP contribution < -0.4 is 10.2 Å². The Hall–Kier alpha value is -2.77. The number of halogens is 3. The first-order valence-electron chi connectivity index (χ1n) is 9.54. The van der Waals surface area contributed by atoms with E-state index in [2.05, 4.69) is 10.3 Å². The van der Waals surface area contributed by atoms with Crippen molar-refractivity contribution < 1.29 is 22.7 Å². The van der Waals surface area contributed by atoms with Gasteiger partial charge in [0.2, 0.25) is 0 Å². The first-order chi connectivity index (χ1) is 13.7. The molecule has 1 N–H and O–H groups in total. The molecule has 2 aromatic rings. The summed E-state index contributed by atoms with van der Waals surface area (Å²) in [6, 6.07) is 7.71. The number of nitrogens with zero attached hydrogens (tertiary/aromatic N) is 2. The van der Waals surface area contributed by atoms with Crippen LogP contribution in [-0.4, -0.2) is 23.7 Å². The number of alkyl halides is 3. The Kier molecular flexibility index (Phi) is 6.00. The highest BCUT2D eigenvalue weighted by atomic mass is 19.4. The van der Waals surface area contributed by atoms with Gasteiger partial charge in [0, 0.05) is 12.7 Å². The lowest BCUT2D eigenvalue weighted by Crippen LogP contribution is -2.34. The number of hydrogen-bond acceptors (Lipinski definition) is 4. The molecule has 1 atom stereocenters. The molecule has 1 aliphatic heterocycles. The highest BCUT2D eigenvalue weighted by Gasteiger charge is 2.36. The van der Waals surface area contributed by atoms with Gasteiger partial charge in [-0.15, -0.1) is 0 Å². The minimum Gasteiger partial charge on any atom is -0.446 e. The zero-order valence-electron chi connectivity index (χ0n) is 16.6. The SMILES string of the molecule is Cc1cc2c(cc1C(F)(F)F)N(C(=O)OC(C)C)CCCC2Nc1ccccn1. The Morgan fingerprint density at radius 1 is 1.31 bits per heavy atom. The Bertz CT molecular complexity index is 869. The van der Waals surface area contributed by atoms with Crippen LogP contribution in [0.2, 0.25) is 0 Å². The molecule has 8 heteroatoms. The van der Waals surface area contributed by atoms with Gasteiger partial charge in [0.05, 0.1) is 23.4 Å². The van der Waals surface area contributed by atoms with Gasteiger partial charge in [0.1, 0.15) is 5.82 Å². The number of fused-ring (bicyclic) bond motifs is 1. The molecule has 1 amide bonds. The van der Waals surface area contributed by atoms with Gasteiger partial charge in [-0.1, -0.05) is 12.1 Å². The van der Waals surface area contributed by atoms with Crippen LogP contribution in [0.5, 0.6) is 0 Å². The van der Waals surface area contributed by atoms with Crippen LogP contribution in [0.3, 0.4) is 0 Å². The Morgan fingerprint density at radius 3 is 2.69 bits per heavy atom. The van der Waals surface area contributed by atoms with E-state index in [-0.39, 0.29) is 29.9 Å². The van der Waals surface area contributed by atoms with Crippen LogP contribution in [0.15, 0.2) is 36.5 Å². The predicted molar refractivity (Wildman–Crippen MR) is 105 cm³/mol. The largest absolute Gasteiger partial charge is 0.446 e. The van der Waals surface area contributed by atoms with Crippen LogP contribution >= 0.6 is 0 Å². The first-order valence-corrected chi connectivity index (χ1v) is 9.54. The summed E-state index contributed by atoms with van der Waals surface area (Å²) in [5, 5.41) is 3.29. The van der Waals surface area contributed by atoms with E-state index < -0.39 is 17.8 Å². The quantitative estimate of drug-likeness (QED) is 0.708. The molecule has 0 saturated carbocycles. The number of nitrogens with one attached hydrogen (secondary N) is 1. The van der Waals surface area contributed by atoms with Crippen molar-refractivity contribution in [2.24, 2.45) is 0 Å². The van der Waals surface area contributed by atoms with Gasteiger partial charge < -0.3 is 10.1 Å². The van der Waals surface area contributed by atoms with E-state index in [0.717, 1.165) is 6.07 Å². The number of carbonyl (C=O) groups is 1. The molecule has 1 aromatic carbocycles. The second kappa shape index (κ2) is 8.31. The van der Waals surface area contributed by atoms with Crippen LogP contribution in [-0.2, 0) is 10.9 Å². The monoisotopic (exact) mass is 407 g/mol. The second-order valence-electron chi connectivity index (χ2n) is 7.36. The van der Waals surface area contributed by atoms with E-state index in [0.29, 0.717) is 24.2 Å². The van der Waals surface area contributed by atoms with E-state index in [1.54, 1.807) is 32.2 Å². The fraction of sp³-hybridized carbons (Fsp3) is 0.429. The third kappa shape index (κ3) is 4.81. The van der Waals surface area contributed by atoms with Crippen molar-refractivity contribution in [1.82, 2.24) is 4.98 Å². The number of benzene rings is 1. The van der Waals surface area contributed by atoms with E-state index in [1.807, 2.05) is 6.07 Å². The van der Waals surface area contributed by atoms with Gasteiger partial charge in [-0.3, -0.25) is 4.90 Å². The average molecular weight is 407 g/mol. The van der Waals surface area contributed by atoms with Crippen molar-refractivity contribution in [3.63, 3.8) is 0 Å². The maximum atomic E-state index is 13.5. The standard InChI is InChI=1S/C21H24F3N3O2/c1-13(2)29-20(28)27-10-6-7-17(26-19-8-4-5-9-25-19)15-11-14(3)16(12-18(15)27)21(22,23)24/h4-5,8-9,11-13,17H,6-7,10H2,1-3H3,(H,25,26). The molecule has 3 rings (SSSR count). The molecule has 0 aliphatic carbocycles. The fourth-order valence-corrected chi connectivity index (χ4v) is 3.50. The van der Waals surface area contributed by atoms with Crippen molar-refractivity contribution >= 4 is 17.6 Å². The molecule has 0 bridgehead atoms. The van der Waals surface area contributed by atoms with Gasteiger partial charge in [-0.05, 0) is 62.9 Å². The summed E-state index contributed by atoms with van der Waals surface area (Å²) in [7, 11) is 0. The van der Waals surface area contributed by atoms with Gasteiger partial charge in [0.25, 0.3) is 0 Å². The molecule has 29 heavy (non-hydrogen) atoms. The highest BCUT2D eigenvalue weighted by Crippen LogP contribution is 2.41. The number of rotatable bonds is 3. The van der Waals surface area contributed by atoms with E-state index in [9.17, 15) is 18.0 Å². The van der Waals surface area contributed by atoms with Crippen LogP contribution in [0, 0.1) is 6.92 Å². The smallest absolute Gasteiger partial charge is 0.416 e. The summed E-state index contributed by atoms with van der Waals surface area (Å²) >= 11 is 0. The van der Waals surface area contributed by atoms with Gasteiger partial charge in [-0.2, -0.15) is 13.2 Å². The maximum Gasteiger partial charge on any atom is 0.416 e. The summed E-state index contributed by atoms with van der Waals surface area (Å²) in [5.41, 5.74) is 0.207. The van der Waals surface area contributed by atoms with Crippen LogP contribution in [0.1, 0.15) is 49.4 Å². The molecule has 1 aromatic heterocycles. The third-order valence-corrected chi connectivity index (χ3v) is 4.76. The number of amides is 1. The number of aryl methyl sites for hydroxylation is 1. The summed E-state index contributed by atoms with van der Waals surface area (Å²) in [6.45, 7) is 5.12. The molecule has 0 spiro atoms. The van der Waals surface area contributed by atoms with Crippen molar-refractivity contribution in [2.45, 2.75) is 51.9 Å². The lowest BCUT2D eigenvalue weighted by Gasteiger charge is -2.27. The number of ether oxygens (including phenoxy) is 1. The summed E-state index contributed by atoms with van der Waals surface area (Å²) in [5.74, 6) is 0.624. The number of aromatic nitrogens is 1. The molecular weight excluding hydrogens is 383 g/mol. The summed E-state index contributed by atoms with van der Waals surface area (Å²) in [6.07, 6.45) is -2.64. The predicted octanol–water partition coefficient (Wildman–Crippen LogP) is 5.71. The number of hydrogen-bond donors (Lipinski definition) is 1. The van der Waals surface area contributed by atoms with Crippen LogP contribution in [0.25, 0.3) is 0 Å². The van der Waals surface area contributed by atoms with E-state index in [1.165, 1.54) is 17.9 Å². The second-order valence-corrected chi connectivity index (χ2v) is 7.36. The molecule has 0 radical (unpaired) electrons. The molecule has 1 unspecified atom stereocenters. The minimum atomic E-state index is -4.51. The van der Waals surface area contributed by atoms with Crippen molar-refractivity contribution in [2.75, 3.05) is 16.8 Å². The number of anilines is 2. The fourth-order valence-electron chi connectivity index (χ4n) is 3.50. The maximum absolute atomic E-state index is 13.5. The Balaban J connectivity index is 2.08. The molecule has 156 valence electrons. The van der Waals surface area contributed by atoms with Crippen molar-refractivity contribution in [3.8, 4) is 0 Å². The lowest BCUT2D eigenvalue weighted by molar-refractivity contribution is -0.138. The Morgan fingerprint density at radius 2 is 2.07 bits per heavy atom. The van der Waals surface area contributed by atoms with Crippen molar-refractivity contribution in [3.05, 3.63) is 53.2 Å². The topological polar surface area (TPSA) is 54.5 Å². The molecule has 2 heterocycles. The lowest BCUT2D eigenvalue weighted by atomic mass is 9.96. The number of carbonyl (C=O) groups excluding carboxylic acids is 1. The van der Waals surface area contributed by atoms with E-state index >= 15 is 0 Å². The molecule has 0 fully saturated rings. The van der Waals surface area contributed by atoms with Gasteiger partial charge in [-0.25, -0.2) is 9.78 Å². The van der Waals surface area contributed by atoms with Gasteiger partial charge >= 0.3 is 12.3 Å².